The van der Waals surface area contributed by atoms with Crippen LogP contribution in [0.3, 0.4) is 0 Å². The van der Waals surface area contributed by atoms with Crippen LogP contribution in [0.5, 0.6) is 11.5 Å². The van der Waals surface area contributed by atoms with Crippen molar-refractivity contribution in [2.45, 2.75) is 6.04 Å². The number of benzene rings is 2. The summed E-state index contributed by atoms with van der Waals surface area (Å²) in [5.74, 6) is 0.879. The molecule has 158 valence electrons. The Hall–Kier alpha value is -3.26. The number of hydrogen-bond acceptors (Lipinski definition) is 7. The number of methoxy groups -OCH3 is 2. The number of likely N-dealkylation sites (N-methyl/N-ethyl adjacent to an activating group) is 1. The number of ether oxygens (including phenoxy) is 2. The first-order chi connectivity index (χ1) is 14.6. The lowest BCUT2D eigenvalue weighted by Crippen LogP contribution is -2.44. The van der Waals surface area contributed by atoms with Gasteiger partial charge < -0.3 is 29.0 Å². The van der Waals surface area contributed by atoms with Crippen LogP contribution in [0.2, 0.25) is 0 Å². The Balaban J connectivity index is 1.60. The van der Waals surface area contributed by atoms with Gasteiger partial charge >= 0.3 is 0 Å². The Kier molecular flexibility index (Phi) is 5.76. The standard InChI is InChI=1S/C22H26N4O4/c1-23-15-13-25(21(27)20-18(28-2)9-6-10-19(20)29-3)11-12-26(14-15)22-24-16-7-4-5-8-17(16)30-22/h4-10,15,23H,11-14H2,1-3H3. The summed E-state index contributed by atoms with van der Waals surface area (Å²) in [7, 11) is 5.01. The van der Waals surface area contributed by atoms with Crippen molar-refractivity contribution in [3.63, 3.8) is 0 Å². The molecular formula is C22H26N4O4. The molecule has 1 unspecified atom stereocenters. The van der Waals surface area contributed by atoms with Crippen LogP contribution in [-0.2, 0) is 0 Å². The molecule has 1 aliphatic rings. The normalized spacial score (nSPS) is 17.1. The average Bonchev–Trinajstić information content (AvgIpc) is 3.10. The molecule has 4 rings (SSSR count). The molecule has 1 aromatic heterocycles. The Morgan fingerprint density at radius 2 is 1.80 bits per heavy atom. The lowest BCUT2D eigenvalue weighted by Gasteiger charge is -2.25. The van der Waals surface area contributed by atoms with E-state index in [2.05, 4.69) is 15.2 Å². The Morgan fingerprint density at radius 1 is 1.07 bits per heavy atom. The van der Waals surface area contributed by atoms with Crippen molar-refractivity contribution in [2.24, 2.45) is 0 Å². The summed E-state index contributed by atoms with van der Waals surface area (Å²) in [6.07, 6.45) is 0. The summed E-state index contributed by atoms with van der Waals surface area (Å²) in [5.41, 5.74) is 2.02. The number of hydrogen-bond donors (Lipinski definition) is 1. The number of anilines is 1. The monoisotopic (exact) mass is 410 g/mol. The van der Waals surface area contributed by atoms with Crippen LogP contribution in [0.4, 0.5) is 6.01 Å². The minimum absolute atomic E-state index is 0.0483. The maximum Gasteiger partial charge on any atom is 0.298 e. The summed E-state index contributed by atoms with van der Waals surface area (Å²) >= 11 is 0. The molecule has 1 saturated heterocycles. The van der Waals surface area contributed by atoms with Crippen LogP contribution < -0.4 is 19.7 Å². The van der Waals surface area contributed by atoms with Gasteiger partial charge in [0.1, 0.15) is 22.6 Å². The molecule has 30 heavy (non-hydrogen) atoms. The van der Waals surface area contributed by atoms with Crippen LogP contribution >= 0.6 is 0 Å². The molecule has 1 aliphatic heterocycles. The second-order valence-electron chi connectivity index (χ2n) is 7.18. The number of oxazole rings is 1. The molecule has 0 aliphatic carbocycles. The molecule has 1 N–H and O–H groups in total. The van der Waals surface area contributed by atoms with Gasteiger partial charge in [-0.15, -0.1) is 0 Å². The number of aromatic nitrogens is 1. The molecular weight excluding hydrogens is 384 g/mol. The number of carbonyl (C=O) groups excluding carboxylic acids is 1. The highest BCUT2D eigenvalue weighted by atomic mass is 16.5. The van der Waals surface area contributed by atoms with Gasteiger partial charge in [0, 0.05) is 32.2 Å². The fraction of sp³-hybridized carbons (Fsp3) is 0.364. The van der Waals surface area contributed by atoms with E-state index in [1.54, 1.807) is 26.4 Å². The summed E-state index contributed by atoms with van der Waals surface area (Å²) in [6, 6.07) is 13.7. The van der Waals surface area contributed by atoms with E-state index in [1.807, 2.05) is 42.3 Å². The highest BCUT2D eigenvalue weighted by molar-refractivity contribution is 5.99. The number of para-hydroxylation sites is 2. The van der Waals surface area contributed by atoms with Crippen LogP contribution in [0.25, 0.3) is 11.1 Å². The largest absolute Gasteiger partial charge is 0.496 e. The third-order valence-corrected chi connectivity index (χ3v) is 5.41. The first-order valence-corrected chi connectivity index (χ1v) is 9.92. The Labute approximate surface area is 175 Å². The van der Waals surface area contributed by atoms with Gasteiger partial charge in [0.05, 0.1) is 14.2 Å². The maximum absolute atomic E-state index is 13.4. The summed E-state index contributed by atoms with van der Waals surface area (Å²) in [4.78, 5) is 22.0. The summed E-state index contributed by atoms with van der Waals surface area (Å²) in [6.45, 7) is 2.36. The van der Waals surface area contributed by atoms with E-state index in [0.717, 1.165) is 11.1 Å². The maximum atomic E-state index is 13.4. The number of fused-ring (bicyclic) bond motifs is 1. The molecule has 0 radical (unpaired) electrons. The molecule has 3 aromatic rings. The molecule has 0 spiro atoms. The second-order valence-corrected chi connectivity index (χ2v) is 7.18. The van der Waals surface area contributed by atoms with Gasteiger partial charge in [0.25, 0.3) is 11.9 Å². The van der Waals surface area contributed by atoms with Crippen molar-refractivity contribution < 1.29 is 18.7 Å². The Morgan fingerprint density at radius 3 is 2.47 bits per heavy atom. The van der Waals surface area contributed by atoms with E-state index in [0.29, 0.717) is 49.3 Å². The van der Waals surface area contributed by atoms with E-state index >= 15 is 0 Å². The van der Waals surface area contributed by atoms with Gasteiger partial charge in [-0.1, -0.05) is 18.2 Å². The molecule has 8 heteroatoms. The zero-order chi connectivity index (χ0) is 21.1. The molecule has 1 amide bonds. The van der Waals surface area contributed by atoms with Crippen molar-refractivity contribution in [1.29, 1.82) is 0 Å². The van der Waals surface area contributed by atoms with Crippen LogP contribution in [0.15, 0.2) is 46.9 Å². The Bertz CT molecular complexity index is 980. The van der Waals surface area contributed by atoms with E-state index in [4.69, 9.17) is 13.9 Å². The van der Waals surface area contributed by atoms with Gasteiger partial charge in [-0.2, -0.15) is 4.98 Å². The van der Waals surface area contributed by atoms with Gasteiger partial charge in [-0.05, 0) is 31.3 Å². The highest BCUT2D eigenvalue weighted by Crippen LogP contribution is 2.30. The number of amides is 1. The zero-order valence-corrected chi connectivity index (χ0v) is 17.4. The zero-order valence-electron chi connectivity index (χ0n) is 17.4. The van der Waals surface area contributed by atoms with Gasteiger partial charge in [0.15, 0.2) is 5.58 Å². The van der Waals surface area contributed by atoms with E-state index in [9.17, 15) is 4.79 Å². The first-order valence-electron chi connectivity index (χ1n) is 9.92. The predicted octanol–water partition coefficient (Wildman–Crippen LogP) is 2.40. The van der Waals surface area contributed by atoms with Crippen LogP contribution in [0, 0.1) is 0 Å². The third kappa shape index (κ3) is 3.78. The van der Waals surface area contributed by atoms with Crippen molar-refractivity contribution in [1.82, 2.24) is 15.2 Å². The van der Waals surface area contributed by atoms with Crippen LogP contribution in [-0.4, -0.2) is 69.3 Å². The highest BCUT2D eigenvalue weighted by Gasteiger charge is 2.30. The quantitative estimate of drug-likeness (QED) is 0.692. The number of rotatable bonds is 5. The van der Waals surface area contributed by atoms with E-state index < -0.39 is 0 Å². The first kappa shape index (κ1) is 20.0. The molecule has 1 atom stereocenters. The SMILES string of the molecule is CNC1CN(C(=O)c2c(OC)cccc2OC)CCN(c2nc3ccccc3o2)C1. The van der Waals surface area contributed by atoms with Crippen molar-refractivity contribution in [2.75, 3.05) is 52.3 Å². The lowest BCUT2D eigenvalue weighted by atomic mass is 10.1. The molecule has 8 nitrogen and oxygen atoms in total. The number of nitrogens with one attached hydrogen (secondary N) is 1. The van der Waals surface area contributed by atoms with Gasteiger partial charge in [-0.25, -0.2) is 0 Å². The van der Waals surface area contributed by atoms with Crippen molar-refractivity contribution in [3.05, 3.63) is 48.0 Å². The fourth-order valence-corrected chi connectivity index (χ4v) is 3.77. The molecule has 0 bridgehead atoms. The van der Waals surface area contributed by atoms with Crippen molar-refractivity contribution >= 4 is 23.0 Å². The summed E-state index contributed by atoms with van der Waals surface area (Å²) in [5, 5.41) is 3.30. The van der Waals surface area contributed by atoms with Gasteiger partial charge in [-0.3, -0.25) is 4.79 Å². The third-order valence-electron chi connectivity index (χ3n) is 5.41. The average molecular weight is 410 g/mol. The minimum Gasteiger partial charge on any atom is -0.496 e. The molecule has 0 saturated carbocycles. The summed E-state index contributed by atoms with van der Waals surface area (Å²) < 4.78 is 16.8. The van der Waals surface area contributed by atoms with Gasteiger partial charge in [0.2, 0.25) is 0 Å². The predicted molar refractivity (Wildman–Crippen MR) is 115 cm³/mol. The molecule has 1 fully saturated rings. The van der Waals surface area contributed by atoms with E-state index in [1.165, 1.54) is 0 Å². The van der Waals surface area contributed by atoms with Crippen LogP contribution in [0.1, 0.15) is 10.4 Å². The molecule has 2 heterocycles. The number of carbonyl (C=O) groups is 1. The fourth-order valence-electron chi connectivity index (χ4n) is 3.77. The second kappa shape index (κ2) is 8.62. The van der Waals surface area contributed by atoms with Crippen molar-refractivity contribution in [3.8, 4) is 11.5 Å². The minimum atomic E-state index is -0.121. The lowest BCUT2D eigenvalue weighted by molar-refractivity contribution is 0.0749. The van der Waals surface area contributed by atoms with E-state index in [-0.39, 0.29) is 11.9 Å². The molecule has 2 aromatic carbocycles. The number of nitrogens with zero attached hydrogens (tertiary/aromatic N) is 3. The smallest absolute Gasteiger partial charge is 0.298 e. The topological polar surface area (TPSA) is 80.1 Å².